The van der Waals surface area contributed by atoms with Crippen molar-refractivity contribution in [2.75, 3.05) is 13.2 Å². The second kappa shape index (κ2) is 17.0. The van der Waals surface area contributed by atoms with E-state index in [-0.39, 0.29) is 79.7 Å². The van der Waals surface area contributed by atoms with E-state index in [1.54, 1.807) is 13.0 Å². The minimum atomic E-state index is -1.67. The third-order valence-electron chi connectivity index (χ3n) is 18.3. The first-order chi connectivity index (χ1) is 29.3. The number of ether oxygens (including phenoxy) is 1. The predicted octanol–water partition coefficient (Wildman–Crippen LogP) is 4.98. The number of aliphatic imine (C=N–C) groups is 1. The topological polar surface area (TPSA) is 225 Å². The molecule has 342 valence electrons. The van der Waals surface area contributed by atoms with Gasteiger partial charge in [0.2, 0.25) is 0 Å². The van der Waals surface area contributed by atoms with E-state index in [9.17, 15) is 35.1 Å². The Balaban J connectivity index is 1.26. The Hall–Kier alpha value is -3.21. The largest absolute Gasteiger partial charge is 0.465 e. The second-order valence-corrected chi connectivity index (χ2v) is 22.1. The summed E-state index contributed by atoms with van der Waals surface area (Å²) >= 11 is 0. The van der Waals surface area contributed by atoms with Crippen LogP contribution in [0.3, 0.4) is 0 Å². The zero-order valence-corrected chi connectivity index (χ0v) is 37.6. The molecule has 18 atom stereocenters. The maximum absolute atomic E-state index is 14.2. The van der Waals surface area contributed by atoms with E-state index < -0.39 is 64.0 Å². The van der Waals surface area contributed by atoms with Crippen LogP contribution in [0.25, 0.3) is 0 Å². The fourth-order valence-electron chi connectivity index (χ4n) is 15.6. The lowest BCUT2D eigenvalue weighted by atomic mass is 9.44. The van der Waals surface area contributed by atoms with Gasteiger partial charge in [-0.05, 0) is 141 Å². The van der Waals surface area contributed by atoms with Crippen LogP contribution in [0.4, 0.5) is 0 Å². The summed E-state index contributed by atoms with van der Waals surface area (Å²) in [5.74, 6) is 6.00. The number of aromatic nitrogens is 1. The van der Waals surface area contributed by atoms with E-state index in [1.807, 2.05) is 25.4 Å². The fraction of sp³-hybridized carbons (Fsp3) is 0.780. The number of hydrogen-bond donors (Lipinski definition) is 8. The van der Waals surface area contributed by atoms with Crippen LogP contribution in [0, 0.1) is 87.8 Å². The second-order valence-electron chi connectivity index (χ2n) is 22.1. The number of ketones is 1. The first-order valence-electron chi connectivity index (χ1n) is 23.9. The van der Waals surface area contributed by atoms with Crippen molar-refractivity contribution in [1.29, 1.82) is 0 Å². The molecule has 0 radical (unpaired) electrons. The summed E-state index contributed by atoms with van der Waals surface area (Å²) in [4.78, 5) is 35.3. The summed E-state index contributed by atoms with van der Waals surface area (Å²) in [6.45, 7) is 11.0. The third-order valence-corrected chi connectivity index (χ3v) is 18.3. The number of allylic oxidation sites excluding steroid dienone is 1. The van der Waals surface area contributed by atoms with Crippen LogP contribution in [0.15, 0.2) is 35.1 Å². The van der Waals surface area contributed by atoms with E-state index in [4.69, 9.17) is 16.2 Å². The number of nitrogens with one attached hydrogen (secondary N) is 1. The number of guanidine groups is 1. The highest BCUT2D eigenvalue weighted by Crippen LogP contribution is 2.72. The normalized spacial score (nSPS) is 46.8. The number of nitrogens with two attached hydrogens (primary N) is 2. The number of carbonyl (C=O) groups excluding carboxylic acids is 2. The SMILES string of the molecule is CC(C)CC1CCCC2C(C)CC(O)C(C)(O)C3C(CC#CC(C4COC(=O)C4c4cc[nH]c4)CC12)CC1(O)C2=CC(=O)C4CC(O)C(O)CC4(C)C2CCC31CCN=C(N)N. The molecule has 12 heteroatoms. The molecular formula is C50H74N4O8. The highest BCUT2D eigenvalue weighted by atomic mass is 16.5. The number of H-pyrrole nitrogens is 1. The van der Waals surface area contributed by atoms with Crippen LogP contribution >= 0.6 is 0 Å². The highest BCUT2D eigenvalue weighted by molar-refractivity contribution is 5.95. The lowest BCUT2D eigenvalue weighted by molar-refractivity contribution is -0.189. The molecule has 0 aromatic carbocycles. The van der Waals surface area contributed by atoms with Crippen molar-refractivity contribution in [2.24, 2.45) is 92.4 Å². The maximum atomic E-state index is 14.2. The van der Waals surface area contributed by atoms with E-state index in [1.165, 1.54) is 0 Å². The molecule has 4 saturated carbocycles. The molecule has 0 bridgehead atoms. The zero-order valence-electron chi connectivity index (χ0n) is 37.6. The first-order valence-corrected chi connectivity index (χ1v) is 23.9. The Kier molecular flexibility index (Phi) is 12.4. The number of cyclic esters (lactones) is 1. The predicted molar refractivity (Wildman–Crippen MR) is 236 cm³/mol. The molecule has 5 fully saturated rings. The average molecular weight is 859 g/mol. The molecule has 12 nitrogen and oxygen atoms in total. The average Bonchev–Trinajstić information content (AvgIpc) is 3.92. The summed E-state index contributed by atoms with van der Waals surface area (Å²) < 4.78 is 5.86. The number of fused-ring (bicyclic) bond motifs is 8. The Labute approximate surface area is 368 Å². The molecule has 2 heterocycles. The van der Waals surface area contributed by atoms with Crippen molar-refractivity contribution in [2.45, 2.75) is 154 Å². The smallest absolute Gasteiger partial charge is 0.313 e. The van der Waals surface area contributed by atoms with Gasteiger partial charge in [0.1, 0.15) is 0 Å². The van der Waals surface area contributed by atoms with E-state index in [0.717, 1.165) is 37.7 Å². The zero-order chi connectivity index (χ0) is 44.5. The highest BCUT2D eigenvalue weighted by Gasteiger charge is 2.73. The Morgan fingerprint density at radius 2 is 1.77 bits per heavy atom. The summed E-state index contributed by atoms with van der Waals surface area (Å²) in [7, 11) is 0. The molecule has 1 aliphatic heterocycles. The Bertz CT molecular complexity index is 1950. The van der Waals surface area contributed by atoms with Crippen LogP contribution in [0.1, 0.15) is 130 Å². The first kappa shape index (κ1) is 45.4. The van der Waals surface area contributed by atoms with Gasteiger partial charge < -0.3 is 46.7 Å². The fourth-order valence-corrected chi connectivity index (χ4v) is 15.6. The van der Waals surface area contributed by atoms with Crippen LogP contribution in [-0.4, -0.2) is 90.9 Å². The molecule has 6 aliphatic carbocycles. The minimum Gasteiger partial charge on any atom is -0.465 e. The number of aromatic amines is 1. The monoisotopic (exact) mass is 859 g/mol. The third kappa shape index (κ3) is 7.57. The molecule has 7 aliphatic rings. The number of esters is 1. The van der Waals surface area contributed by atoms with Crippen LogP contribution in [0.5, 0.6) is 0 Å². The van der Waals surface area contributed by atoms with Gasteiger partial charge in [0, 0.05) is 54.4 Å². The molecule has 1 aromatic heterocycles. The van der Waals surface area contributed by atoms with Gasteiger partial charge in [-0.25, -0.2) is 0 Å². The number of carbonyl (C=O) groups is 2. The van der Waals surface area contributed by atoms with E-state index in [0.29, 0.717) is 55.4 Å². The van der Waals surface area contributed by atoms with Gasteiger partial charge in [0.05, 0.1) is 42.0 Å². The van der Waals surface area contributed by atoms with Gasteiger partial charge in [-0.3, -0.25) is 14.6 Å². The Morgan fingerprint density at radius 1 is 1.00 bits per heavy atom. The summed E-state index contributed by atoms with van der Waals surface area (Å²) in [5.41, 5.74) is 8.31. The van der Waals surface area contributed by atoms with Crippen molar-refractivity contribution >= 4 is 17.7 Å². The molecule has 1 saturated heterocycles. The van der Waals surface area contributed by atoms with Gasteiger partial charge >= 0.3 is 5.97 Å². The minimum absolute atomic E-state index is 0.0587. The number of nitrogens with zero attached hydrogens (tertiary/aromatic N) is 1. The van der Waals surface area contributed by atoms with Crippen LogP contribution in [-0.2, 0) is 14.3 Å². The van der Waals surface area contributed by atoms with Gasteiger partial charge in [-0.2, -0.15) is 0 Å². The number of aliphatic hydroxyl groups excluding tert-OH is 3. The quantitative estimate of drug-likeness (QED) is 0.0795. The van der Waals surface area contributed by atoms with Crippen molar-refractivity contribution < 1.29 is 39.9 Å². The molecular weight excluding hydrogens is 785 g/mol. The maximum Gasteiger partial charge on any atom is 0.313 e. The lowest BCUT2D eigenvalue weighted by Gasteiger charge is -2.61. The van der Waals surface area contributed by atoms with Crippen LogP contribution in [0.2, 0.25) is 0 Å². The molecule has 18 unspecified atom stereocenters. The van der Waals surface area contributed by atoms with Crippen molar-refractivity contribution in [3.8, 4) is 11.8 Å². The Morgan fingerprint density at radius 3 is 2.48 bits per heavy atom. The molecule has 0 amide bonds. The molecule has 8 rings (SSSR count). The number of aliphatic hydroxyl groups is 5. The number of hydrogen-bond acceptors (Lipinski definition) is 9. The van der Waals surface area contributed by atoms with Crippen molar-refractivity contribution in [3.63, 3.8) is 0 Å². The lowest BCUT2D eigenvalue weighted by Crippen LogP contribution is -2.64. The van der Waals surface area contributed by atoms with E-state index >= 15 is 0 Å². The molecule has 1 aromatic rings. The van der Waals surface area contributed by atoms with Gasteiger partial charge in [0.25, 0.3) is 0 Å². The van der Waals surface area contributed by atoms with Gasteiger partial charge in [-0.15, -0.1) is 5.92 Å². The molecule has 62 heavy (non-hydrogen) atoms. The molecule has 10 N–H and O–H groups in total. The van der Waals surface area contributed by atoms with E-state index in [2.05, 4.69) is 42.6 Å². The van der Waals surface area contributed by atoms with Gasteiger partial charge in [-0.1, -0.05) is 46.5 Å². The van der Waals surface area contributed by atoms with Gasteiger partial charge in [0.15, 0.2) is 11.7 Å². The summed E-state index contributed by atoms with van der Waals surface area (Å²) in [6, 6.07) is 1.96. The van der Waals surface area contributed by atoms with Crippen molar-refractivity contribution in [1.82, 2.24) is 4.98 Å². The van der Waals surface area contributed by atoms with Crippen LogP contribution < -0.4 is 11.5 Å². The summed E-state index contributed by atoms with van der Waals surface area (Å²) in [5, 5.41) is 61.3. The molecule has 0 spiro atoms. The van der Waals surface area contributed by atoms with Crippen molar-refractivity contribution in [3.05, 3.63) is 35.7 Å². The number of rotatable bonds is 7. The summed E-state index contributed by atoms with van der Waals surface area (Å²) in [6.07, 6.45) is 10.0. The standard InChI is InChI=1S/C50H74N4O8/c1-27(2)18-29-9-7-11-33-28(3)19-42(58)48(5,60)44-31(10-6-8-30(20-34(29)33)35-26-62-45(59)43(35)32-13-16-53-25-32)23-50(61)37-21-39(55)38-22-40(56)41(57)24-47(38,4)36(37)12-14-49(44,50)15-17-54-46(51)52/h13,16,21,25,27-31,33-36,38,40-44,53,56-58,60-61H,7,9-12,14-15,17-20,22-24,26H2,1-5H3,(H4,51,52,54).